The van der Waals surface area contributed by atoms with Gasteiger partial charge in [0.25, 0.3) is 0 Å². The molecule has 0 unspecified atom stereocenters. The van der Waals surface area contributed by atoms with Gasteiger partial charge in [0.2, 0.25) is 0 Å². The van der Waals surface area contributed by atoms with Crippen molar-refractivity contribution in [3.8, 4) is 11.1 Å². The lowest BCUT2D eigenvalue weighted by molar-refractivity contribution is 0.225. The molecule has 1 heteroatoms. The van der Waals surface area contributed by atoms with Crippen molar-refractivity contribution in [3.05, 3.63) is 59.7 Å². The first-order chi connectivity index (χ1) is 8.88. The van der Waals surface area contributed by atoms with Gasteiger partial charge in [-0.2, -0.15) is 0 Å². The lowest BCUT2D eigenvalue weighted by atomic mass is 10.1. The molecule has 1 aliphatic carbocycles. The summed E-state index contributed by atoms with van der Waals surface area (Å²) in [6, 6.07) is 16.0. The van der Waals surface area contributed by atoms with Crippen molar-refractivity contribution in [2.45, 2.75) is 41.2 Å². The zero-order valence-corrected chi connectivity index (χ0v) is 11.6. The molecule has 1 N–H and O–H groups in total. The average Bonchev–Trinajstić information content (AvgIpc) is 2.78. The van der Waals surface area contributed by atoms with E-state index in [0.29, 0.717) is 0 Å². The molecule has 3 rings (SSSR count). The summed E-state index contributed by atoms with van der Waals surface area (Å²) in [7, 11) is 0. The number of hydrogen-bond acceptors (Lipinski definition) is 1. The summed E-state index contributed by atoms with van der Waals surface area (Å²) < 4.78 is 0. The van der Waals surface area contributed by atoms with E-state index in [1.807, 2.05) is 64.1 Å². The molecule has 0 aliphatic heterocycles. The van der Waals surface area contributed by atoms with Crippen LogP contribution < -0.4 is 0 Å². The molecule has 104 valence electrons. The van der Waals surface area contributed by atoms with E-state index in [1.165, 1.54) is 0 Å². The van der Waals surface area contributed by atoms with Gasteiger partial charge in [-0.1, -0.05) is 83.7 Å². The largest absolute Gasteiger partial charge is 0.384 e. The van der Waals surface area contributed by atoms with Gasteiger partial charge < -0.3 is 5.11 Å². The van der Waals surface area contributed by atoms with Gasteiger partial charge >= 0.3 is 0 Å². The zero-order valence-electron chi connectivity index (χ0n) is 11.6. The van der Waals surface area contributed by atoms with Gasteiger partial charge in [0.15, 0.2) is 0 Å². The van der Waals surface area contributed by atoms with E-state index in [9.17, 15) is 5.11 Å². The number of rotatable bonds is 0. The fraction of sp³-hybridized carbons (Fsp3) is 0.333. The molecule has 0 atom stereocenters. The lowest BCUT2D eigenvalue weighted by Crippen LogP contribution is -1.92. The minimum absolute atomic E-state index is 0. The molecular weight excluding hydrogens is 232 g/mol. The number of fused-ring (bicyclic) bond motifs is 3. The van der Waals surface area contributed by atoms with Gasteiger partial charge in [-0.3, -0.25) is 0 Å². The van der Waals surface area contributed by atoms with E-state index in [2.05, 4.69) is 12.1 Å². The number of aliphatic hydroxyl groups excluding tert-OH is 1. The lowest BCUT2D eigenvalue weighted by Gasteiger charge is -2.03. The third-order valence-corrected chi connectivity index (χ3v) is 2.80. The Morgan fingerprint density at radius 3 is 1.37 bits per heavy atom. The van der Waals surface area contributed by atoms with E-state index in [4.69, 9.17) is 0 Å². The summed E-state index contributed by atoms with van der Waals surface area (Å²) in [6.45, 7) is 8.00. The van der Waals surface area contributed by atoms with Crippen LogP contribution in [0.15, 0.2) is 48.5 Å². The molecule has 0 aromatic heterocycles. The van der Waals surface area contributed by atoms with Gasteiger partial charge in [-0.15, -0.1) is 0 Å². The molecule has 1 aliphatic rings. The summed E-state index contributed by atoms with van der Waals surface area (Å²) in [5.41, 5.74) is 4.37. The van der Waals surface area contributed by atoms with Crippen molar-refractivity contribution in [1.29, 1.82) is 0 Å². The van der Waals surface area contributed by atoms with E-state index in [0.717, 1.165) is 22.3 Å². The van der Waals surface area contributed by atoms with Gasteiger partial charge in [0.05, 0.1) is 0 Å². The predicted octanol–water partition coefficient (Wildman–Crippen LogP) is 5.44. The van der Waals surface area contributed by atoms with Crippen LogP contribution in [0.4, 0.5) is 0 Å². The summed E-state index contributed by atoms with van der Waals surface area (Å²) in [5, 5.41) is 10.0. The SMILES string of the molecule is C.CC.CC.OC1c2ccccc2-c2ccccc21. The predicted molar refractivity (Wildman–Crippen MR) is 85.4 cm³/mol. The Morgan fingerprint density at radius 1 is 0.684 bits per heavy atom. The van der Waals surface area contributed by atoms with Crippen LogP contribution in [0.3, 0.4) is 0 Å². The highest BCUT2D eigenvalue weighted by Crippen LogP contribution is 2.42. The van der Waals surface area contributed by atoms with E-state index in [1.54, 1.807) is 0 Å². The van der Waals surface area contributed by atoms with E-state index < -0.39 is 6.10 Å². The van der Waals surface area contributed by atoms with Crippen LogP contribution in [0.1, 0.15) is 52.4 Å². The fourth-order valence-electron chi connectivity index (χ4n) is 2.13. The molecule has 0 saturated carbocycles. The first-order valence-corrected chi connectivity index (χ1v) is 6.74. The highest BCUT2D eigenvalue weighted by atomic mass is 16.3. The van der Waals surface area contributed by atoms with E-state index >= 15 is 0 Å². The Kier molecular flexibility index (Phi) is 7.78. The Morgan fingerprint density at radius 2 is 1.00 bits per heavy atom. The van der Waals surface area contributed by atoms with Crippen molar-refractivity contribution in [3.63, 3.8) is 0 Å². The highest BCUT2D eigenvalue weighted by Gasteiger charge is 2.25. The van der Waals surface area contributed by atoms with E-state index in [-0.39, 0.29) is 7.43 Å². The maximum absolute atomic E-state index is 10.0. The van der Waals surface area contributed by atoms with Gasteiger partial charge in [0.1, 0.15) is 6.10 Å². The molecule has 0 amide bonds. The highest BCUT2D eigenvalue weighted by molar-refractivity contribution is 5.77. The molecule has 1 nitrogen and oxygen atoms in total. The Hall–Kier alpha value is -1.60. The smallest absolute Gasteiger partial charge is 0.105 e. The molecule has 2 aromatic rings. The summed E-state index contributed by atoms with van der Waals surface area (Å²) >= 11 is 0. The number of aliphatic hydroxyl groups is 1. The zero-order chi connectivity index (χ0) is 13.5. The standard InChI is InChI=1S/C13H10O.2C2H6.CH4/c14-13-11-7-3-1-5-9(11)10-6-2-4-8-12(10)13;2*1-2;/h1-8,13-14H;2*1-2H3;1H4. The summed E-state index contributed by atoms with van der Waals surface area (Å²) in [6.07, 6.45) is -0.442. The maximum atomic E-state index is 10.0. The molecule has 0 fully saturated rings. The van der Waals surface area contributed by atoms with Crippen molar-refractivity contribution in [2.24, 2.45) is 0 Å². The van der Waals surface area contributed by atoms with Crippen LogP contribution in [-0.4, -0.2) is 5.11 Å². The van der Waals surface area contributed by atoms with Crippen LogP contribution in [0, 0.1) is 0 Å². The Balaban J connectivity index is 0.000000597. The normalized spacial score (nSPS) is 10.8. The van der Waals surface area contributed by atoms with Crippen LogP contribution in [-0.2, 0) is 0 Å². The van der Waals surface area contributed by atoms with Gasteiger partial charge in [-0.05, 0) is 22.3 Å². The third-order valence-electron chi connectivity index (χ3n) is 2.80. The van der Waals surface area contributed by atoms with Crippen molar-refractivity contribution in [1.82, 2.24) is 0 Å². The Labute approximate surface area is 117 Å². The number of benzene rings is 2. The molecule has 0 saturated heterocycles. The van der Waals surface area contributed by atoms with Crippen molar-refractivity contribution < 1.29 is 5.11 Å². The maximum Gasteiger partial charge on any atom is 0.105 e. The molecule has 0 bridgehead atoms. The van der Waals surface area contributed by atoms with Crippen molar-refractivity contribution >= 4 is 0 Å². The minimum Gasteiger partial charge on any atom is -0.384 e. The monoisotopic (exact) mass is 258 g/mol. The second-order valence-electron chi connectivity index (χ2n) is 3.58. The second-order valence-corrected chi connectivity index (χ2v) is 3.58. The first kappa shape index (κ1) is 17.4. The average molecular weight is 258 g/mol. The molecule has 19 heavy (non-hydrogen) atoms. The van der Waals surface area contributed by atoms with Gasteiger partial charge in [0, 0.05) is 0 Å². The molecule has 2 aromatic carbocycles. The summed E-state index contributed by atoms with van der Waals surface area (Å²) in [5.74, 6) is 0. The second kappa shape index (κ2) is 8.49. The number of hydrogen-bond donors (Lipinski definition) is 1. The fourth-order valence-corrected chi connectivity index (χ4v) is 2.13. The molecule has 0 spiro atoms. The molecule has 0 heterocycles. The Bertz CT molecular complexity index is 443. The third kappa shape index (κ3) is 3.24. The molecular formula is C18H26O. The van der Waals surface area contributed by atoms with Crippen LogP contribution >= 0.6 is 0 Å². The van der Waals surface area contributed by atoms with Crippen LogP contribution in [0.25, 0.3) is 11.1 Å². The summed E-state index contributed by atoms with van der Waals surface area (Å²) in [4.78, 5) is 0. The quantitative estimate of drug-likeness (QED) is 0.667. The van der Waals surface area contributed by atoms with Gasteiger partial charge in [-0.25, -0.2) is 0 Å². The first-order valence-electron chi connectivity index (χ1n) is 6.74. The van der Waals surface area contributed by atoms with Crippen LogP contribution in [0.5, 0.6) is 0 Å². The molecule has 0 radical (unpaired) electrons. The topological polar surface area (TPSA) is 20.2 Å². The van der Waals surface area contributed by atoms with Crippen LogP contribution in [0.2, 0.25) is 0 Å². The minimum atomic E-state index is -0.442. The van der Waals surface area contributed by atoms with Crippen molar-refractivity contribution in [2.75, 3.05) is 0 Å².